The van der Waals surface area contributed by atoms with Crippen LogP contribution in [0.3, 0.4) is 0 Å². The third-order valence-electron chi connectivity index (χ3n) is 5.39. The van der Waals surface area contributed by atoms with Crippen LogP contribution in [0.15, 0.2) is 91.0 Å². The van der Waals surface area contributed by atoms with E-state index in [0.717, 1.165) is 0 Å². The van der Waals surface area contributed by atoms with Gasteiger partial charge in [0.1, 0.15) is 11.5 Å². The lowest BCUT2D eigenvalue weighted by atomic mass is 9.82. The van der Waals surface area contributed by atoms with Gasteiger partial charge < -0.3 is 15.2 Å². The minimum atomic E-state index is -0.493. The Morgan fingerprint density at radius 1 is 0.727 bits per heavy atom. The van der Waals surface area contributed by atoms with E-state index in [1.165, 1.54) is 12.1 Å². The zero-order valence-corrected chi connectivity index (χ0v) is 17.2. The Balaban J connectivity index is 1.48. The van der Waals surface area contributed by atoms with Crippen molar-refractivity contribution in [3.05, 3.63) is 119 Å². The molecular weight excluding hydrogens is 418 g/mol. The highest BCUT2D eigenvalue weighted by molar-refractivity contribution is 6.31. The Bertz CT molecular complexity index is 1430. The van der Waals surface area contributed by atoms with Gasteiger partial charge in [-0.3, -0.25) is 9.59 Å². The van der Waals surface area contributed by atoms with Crippen molar-refractivity contribution >= 4 is 28.9 Å². The summed E-state index contributed by atoms with van der Waals surface area (Å²) in [6.45, 7) is 0. The number of fused-ring (bicyclic) bond motifs is 2. The molecule has 0 bridgehead atoms. The third kappa shape index (κ3) is 3.64. The monoisotopic (exact) mass is 435 g/mol. The van der Waals surface area contributed by atoms with Gasteiger partial charge in [-0.1, -0.05) is 48.5 Å². The van der Waals surface area contributed by atoms with Crippen molar-refractivity contribution in [2.45, 2.75) is 0 Å². The second-order valence-corrected chi connectivity index (χ2v) is 7.49. The quantitative estimate of drug-likeness (QED) is 0.231. The Morgan fingerprint density at radius 3 is 2.12 bits per heavy atom. The number of esters is 1. The minimum Gasteiger partial charge on any atom is -0.507 e. The van der Waals surface area contributed by atoms with E-state index in [1.807, 2.05) is 6.07 Å². The van der Waals surface area contributed by atoms with Gasteiger partial charge in [-0.25, -0.2) is 4.79 Å². The molecule has 0 fully saturated rings. The number of rotatable bonds is 4. The molecule has 0 unspecified atom stereocenters. The summed E-state index contributed by atoms with van der Waals surface area (Å²) < 4.78 is 5.46. The Morgan fingerprint density at radius 2 is 1.39 bits per heavy atom. The second-order valence-electron chi connectivity index (χ2n) is 7.49. The van der Waals surface area contributed by atoms with Gasteiger partial charge in [0.15, 0.2) is 11.6 Å². The summed E-state index contributed by atoms with van der Waals surface area (Å²) in [5.41, 5.74) is 1.95. The fourth-order valence-electron chi connectivity index (χ4n) is 3.84. The first-order valence-corrected chi connectivity index (χ1v) is 10.2. The molecular formula is C27H17NO5. The lowest BCUT2D eigenvalue weighted by molar-refractivity contribution is 0.0734. The van der Waals surface area contributed by atoms with Gasteiger partial charge in [-0.2, -0.15) is 0 Å². The molecule has 6 heteroatoms. The highest BCUT2D eigenvalue weighted by Crippen LogP contribution is 2.38. The number of hydrogen-bond donors (Lipinski definition) is 2. The SMILES string of the molecule is O=C(Oc1cccc(Nc2ccc(O)c3c2C(=O)c2ccccc2C3=O)c1)c1ccccc1. The van der Waals surface area contributed by atoms with Crippen LogP contribution >= 0.6 is 0 Å². The number of anilines is 2. The first-order chi connectivity index (χ1) is 16.0. The number of ether oxygens (including phenoxy) is 1. The zero-order chi connectivity index (χ0) is 22.9. The Hall–Kier alpha value is -4.71. The summed E-state index contributed by atoms with van der Waals surface area (Å²) in [7, 11) is 0. The number of benzene rings is 4. The van der Waals surface area contributed by atoms with Crippen molar-refractivity contribution in [1.29, 1.82) is 0 Å². The summed E-state index contributed by atoms with van der Waals surface area (Å²) in [6, 6.07) is 24.8. The van der Waals surface area contributed by atoms with Crippen LogP contribution in [0, 0.1) is 0 Å². The fourth-order valence-corrected chi connectivity index (χ4v) is 3.84. The first kappa shape index (κ1) is 20.2. The van der Waals surface area contributed by atoms with Crippen LogP contribution in [0.25, 0.3) is 0 Å². The number of carbonyl (C=O) groups is 3. The van der Waals surface area contributed by atoms with Crippen LogP contribution < -0.4 is 10.1 Å². The molecule has 0 radical (unpaired) electrons. The van der Waals surface area contributed by atoms with E-state index in [9.17, 15) is 19.5 Å². The van der Waals surface area contributed by atoms with Gasteiger partial charge in [-0.15, -0.1) is 0 Å². The van der Waals surface area contributed by atoms with E-state index >= 15 is 0 Å². The summed E-state index contributed by atoms with van der Waals surface area (Å²) in [5.74, 6) is -1.20. The summed E-state index contributed by atoms with van der Waals surface area (Å²) in [5, 5.41) is 13.5. The largest absolute Gasteiger partial charge is 0.507 e. The highest BCUT2D eigenvalue weighted by Gasteiger charge is 2.34. The first-order valence-electron chi connectivity index (χ1n) is 10.2. The Kier molecular flexibility index (Phi) is 4.95. The van der Waals surface area contributed by atoms with Gasteiger partial charge >= 0.3 is 5.97 Å². The number of aromatic hydroxyl groups is 1. The Labute approximate surface area is 189 Å². The number of carbonyl (C=O) groups excluding carboxylic acids is 3. The topological polar surface area (TPSA) is 92.7 Å². The second kappa shape index (κ2) is 8.09. The van der Waals surface area contributed by atoms with Gasteiger partial charge in [0, 0.05) is 22.9 Å². The molecule has 160 valence electrons. The molecule has 0 spiro atoms. The van der Waals surface area contributed by atoms with E-state index < -0.39 is 11.8 Å². The van der Waals surface area contributed by atoms with Crippen LogP contribution in [0.1, 0.15) is 42.2 Å². The van der Waals surface area contributed by atoms with Crippen molar-refractivity contribution in [2.24, 2.45) is 0 Å². The lowest BCUT2D eigenvalue weighted by Crippen LogP contribution is -2.22. The van der Waals surface area contributed by atoms with E-state index in [-0.39, 0.29) is 33.8 Å². The van der Waals surface area contributed by atoms with Crippen molar-refractivity contribution in [1.82, 2.24) is 0 Å². The van der Waals surface area contributed by atoms with Crippen LogP contribution in [-0.2, 0) is 0 Å². The number of phenols is 1. The van der Waals surface area contributed by atoms with Crippen LogP contribution in [0.4, 0.5) is 11.4 Å². The van der Waals surface area contributed by atoms with Crippen LogP contribution in [0.2, 0.25) is 0 Å². The normalized spacial score (nSPS) is 12.0. The molecule has 2 N–H and O–H groups in total. The lowest BCUT2D eigenvalue weighted by Gasteiger charge is -2.21. The number of hydrogen-bond acceptors (Lipinski definition) is 6. The predicted molar refractivity (Wildman–Crippen MR) is 123 cm³/mol. The molecule has 0 aromatic heterocycles. The molecule has 0 saturated heterocycles. The van der Waals surface area contributed by atoms with E-state index in [0.29, 0.717) is 22.7 Å². The summed E-state index contributed by atoms with van der Waals surface area (Å²) in [4.78, 5) is 38.6. The molecule has 1 aliphatic carbocycles. The molecule has 0 amide bonds. The van der Waals surface area contributed by atoms with Gasteiger partial charge in [0.05, 0.1) is 22.4 Å². The van der Waals surface area contributed by atoms with E-state index in [4.69, 9.17) is 4.74 Å². The number of phenolic OH excluding ortho intramolecular Hbond substituents is 1. The standard InChI is InChI=1S/C27H17NO5/c29-22-14-13-21(23-24(22)26(31)20-12-5-4-11-19(20)25(23)30)28-17-9-6-10-18(15-17)33-27(32)16-7-2-1-3-8-16/h1-15,28-29H. The molecule has 5 rings (SSSR count). The smallest absolute Gasteiger partial charge is 0.343 e. The van der Waals surface area contributed by atoms with Gasteiger partial charge in [0.25, 0.3) is 0 Å². The van der Waals surface area contributed by atoms with Gasteiger partial charge in [0.2, 0.25) is 0 Å². The maximum atomic E-state index is 13.2. The maximum Gasteiger partial charge on any atom is 0.343 e. The molecule has 0 aliphatic heterocycles. The molecule has 33 heavy (non-hydrogen) atoms. The zero-order valence-electron chi connectivity index (χ0n) is 17.2. The molecule has 0 heterocycles. The number of nitrogens with one attached hydrogen (secondary N) is 1. The van der Waals surface area contributed by atoms with Crippen molar-refractivity contribution in [3.8, 4) is 11.5 Å². The average molecular weight is 435 g/mol. The minimum absolute atomic E-state index is 0.0321. The molecule has 0 saturated carbocycles. The van der Waals surface area contributed by atoms with Crippen molar-refractivity contribution in [3.63, 3.8) is 0 Å². The van der Waals surface area contributed by atoms with Crippen molar-refractivity contribution in [2.75, 3.05) is 5.32 Å². The van der Waals surface area contributed by atoms with Crippen LogP contribution in [0.5, 0.6) is 11.5 Å². The molecule has 0 atom stereocenters. The summed E-state index contributed by atoms with van der Waals surface area (Å²) in [6.07, 6.45) is 0. The molecule has 4 aromatic carbocycles. The third-order valence-corrected chi connectivity index (χ3v) is 5.39. The summed E-state index contributed by atoms with van der Waals surface area (Å²) >= 11 is 0. The van der Waals surface area contributed by atoms with Crippen molar-refractivity contribution < 1.29 is 24.2 Å². The molecule has 1 aliphatic rings. The highest BCUT2D eigenvalue weighted by atomic mass is 16.5. The van der Waals surface area contributed by atoms with E-state index in [2.05, 4.69) is 5.32 Å². The molecule has 6 nitrogen and oxygen atoms in total. The van der Waals surface area contributed by atoms with Gasteiger partial charge in [-0.05, 0) is 36.4 Å². The number of ketones is 2. The molecule has 4 aromatic rings. The maximum absolute atomic E-state index is 13.2. The van der Waals surface area contributed by atoms with Crippen LogP contribution in [-0.4, -0.2) is 22.6 Å². The fraction of sp³-hybridized carbons (Fsp3) is 0. The predicted octanol–water partition coefficient (Wildman–Crippen LogP) is 5.13. The average Bonchev–Trinajstić information content (AvgIpc) is 2.84. The van der Waals surface area contributed by atoms with E-state index in [1.54, 1.807) is 72.8 Å².